The van der Waals surface area contributed by atoms with Crippen LogP contribution in [0.3, 0.4) is 0 Å². The number of para-hydroxylation sites is 2. The van der Waals surface area contributed by atoms with Crippen molar-refractivity contribution in [2.24, 2.45) is 0 Å². The lowest BCUT2D eigenvalue weighted by Gasteiger charge is -2.18. The monoisotopic (exact) mass is 581 g/mol. The number of thioether (sulfide) groups is 1. The number of carboxylic acids is 1. The van der Waals surface area contributed by atoms with Crippen LogP contribution < -0.4 is 5.32 Å². The number of hydrogen-bond donors (Lipinski definition) is 2. The lowest BCUT2D eigenvalue weighted by atomic mass is 10.2. The van der Waals surface area contributed by atoms with Crippen molar-refractivity contribution in [1.82, 2.24) is 19.1 Å². The van der Waals surface area contributed by atoms with Crippen LogP contribution in [0.25, 0.3) is 22.4 Å². The third-order valence-electron chi connectivity index (χ3n) is 7.08. The molecule has 0 aliphatic heterocycles. The Morgan fingerprint density at radius 3 is 2.36 bits per heavy atom. The highest BCUT2D eigenvalue weighted by atomic mass is 32.2. The first-order valence-electron chi connectivity index (χ1n) is 14.2. The summed E-state index contributed by atoms with van der Waals surface area (Å²) >= 11 is 1.29. The van der Waals surface area contributed by atoms with Crippen LogP contribution in [-0.2, 0) is 17.9 Å². The van der Waals surface area contributed by atoms with Crippen molar-refractivity contribution >= 4 is 40.6 Å². The molecule has 2 aromatic heterocycles. The minimum Gasteiger partial charge on any atom is -0.480 e. The highest BCUT2D eigenvalue weighted by Crippen LogP contribution is 2.34. The van der Waals surface area contributed by atoms with Crippen LogP contribution >= 0.6 is 11.8 Å². The number of benzene rings is 3. The van der Waals surface area contributed by atoms with Crippen molar-refractivity contribution in [3.05, 3.63) is 96.3 Å². The van der Waals surface area contributed by atoms with E-state index in [0.717, 1.165) is 52.9 Å². The van der Waals surface area contributed by atoms with E-state index < -0.39 is 10.7 Å². The molecule has 0 radical (unpaired) electrons. The molecule has 216 valence electrons. The number of unbranched alkanes of at least 4 members (excludes halogenated alkanes) is 2. The van der Waals surface area contributed by atoms with Crippen LogP contribution in [0.1, 0.15) is 56.1 Å². The Hall–Kier alpha value is -4.37. The molecule has 5 rings (SSSR count). The Morgan fingerprint density at radius 1 is 0.929 bits per heavy atom. The molecule has 0 saturated heterocycles. The van der Waals surface area contributed by atoms with Crippen LogP contribution in [0.5, 0.6) is 0 Å². The zero-order valence-electron chi connectivity index (χ0n) is 24.1. The average molecular weight is 582 g/mol. The van der Waals surface area contributed by atoms with Gasteiger partial charge in [0.05, 0.1) is 17.6 Å². The summed E-state index contributed by atoms with van der Waals surface area (Å²) in [5.41, 5.74) is 4.02. The second-order valence-corrected chi connectivity index (χ2v) is 12.4. The maximum atomic E-state index is 13.6. The van der Waals surface area contributed by atoms with E-state index >= 15 is 0 Å². The Bertz CT molecular complexity index is 1690. The van der Waals surface area contributed by atoms with Gasteiger partial charge in [-0.25, -0.2) is 9.97 Å². The molecule has 0 unspecified atom stereocenters. The van der Waals surface area contributed by atoms with Gasteiger partial charge in [-0.15, -0.1) is 11.8 Å². The zero-order valence-corrected chi connectivity index (χ0v) is 24.9. The van der Waals surface area contributed by atoms with E-state index in [4.69, 9.17) is 9.97 Å². The van der Waals surface area contributed by atoms with Gasteiger partial charge < -0.3 is 14.2 Å². The van der Waals surface area contributed by atoms with Crippen molar-refractivity contribution in [1.29, 1.82) is 0 Å². The van der Waals surface area contributed by atoms with Gasteiger partial charge in [0.25, 0.3) is 5.91 Å². The highest BCUT2D eigenvalue weighted by Gasteiger charge is 2.28. The first-order valence-corrected chi connectivity index (χ1v) is 15.0. The van der Waals surface area contributed by atoms with Crippen LogP contribution in [0.2, 0.25) is 0 Å². The van der Waals surface area contributed by atoms with Gasteiger partial charge >= 0.3 is 5.97 Å². The molecule has 0 fully saturated rings. The minimum absolute atomic E-state index is 0.310. The maximum absolute atomic E-state index is 13.6. The lowest BCUT2D eigenvalue weighted by molar-refractivity contribution is -0.138. The molecule has 42 heavy (non-hydrogen) atoms. The summed E-state index contributed by atoms with van der Waals surface area (Å²) in [7, 11) is 0. The van der Waals surface area contributed by atoms with E-state index in [2.05, 4.69) is 24.4 Å². The third kappa shape index (κ3) is 6.57. The average Bonchev–Trinajstić information content (AvgIpc) is 3.56. The number of amides is 1. The van der Waals surface area contributed by atoms with Gasteiger partial charge in [0, 0.05) is 23.2 Å². The van der Waals surface area contributed by atoms with Gasteiger partial charge in [0.15, 0.2) is 0 Å². The van der Waals surface area contributed by atoms with E-state index in [1.54, 1.807) is 20.0 Å². The standard InChI is InChI=1S/C33H35N5O3S/c1-4-5-11-20-37-22-27(34-29(37)24-16-18-25(19-17-24)42-33(2,3)31(40)41)30(39)36-32-35-26-14-9-10-15-28(26)38(32)21-23-12-7-6-8-13-23/h6-10,12-19,22H,4-5,11,20-21H2,1-3H3,(H,40,41)(H,35,36,39). The van der Waals surface area contributed by atoms with Crippen molar-refractivity contribution in [3.63, 3.8) is 0 Å². The number of hydrogen-bond acceptors (Lipinski definition) is 5. The number of fused-ring (bicyclic) bond motifs is 1. The van der Waals surface area contributed by atoms with E-state index in [-0.39, 0.29) is 5.91 Å². The molecule has 2 N–H and O–H groups in total. The summed E-state index contributed by atoms with van der Waals surface area (Å²) in [6, 6.07) is 25.6. The van der Waals surface area contributed by atoms with E-state index in [1.165, 1.54) is 11.8 Å². The number of nitrogens with zero attached hydrogens (tertiary/aromatic N) is 4. The predicted octanol–water partition coefficient (Wildman–Crippen LogP) is 7.35. The largest absolute Gasteiger partial charge is 0.480 e. The smallest absolute Gasteiger partial charge is 0.319 e. The third-order valence-corrected chi connectivity index (χ3v) is 8.27. The topological polar surface area (TPSA) is 102 Å². The molecular weight excluding hydrogens is 546 g/mol. The number of anilines is 1. The molecule has 8 nitrogen and oxygen atoms in total. The summed E-state index contributed by atoms with van der Waals surface area (Å²) in [6.45, 7) is 6.83. The molecule has 0 aliphatic rings. The fraction of sp³-hybridized carbons (Fsp3) is 0.273. The van der Waals surface area contributed by atoms with Crippen molar-refractivity contribution < 1.29 is 14.7 Å². The molecule has 0 atom stereocenters. The van der Waals surface area contributed by atoms with Crippen LogP contribution in [0, 0.1) is 0 Å². The van der Waals surface area contributed by atoms with E-state index in [9.17, 15) is 14.7 Å². The second kappa shape index (κ2) is 12.7. The number of aryl methyl sites for hydroxylation is 1. The Morgan fingerprint density at radius 2 is 1.64 bits per heavy atom. The number of carbonyl (C=O) groups excluding carboxylic acids is 1. The normalized spacial score (nSPS) is 11.6. The molecule has 1 amide bonds. The fourth-order valence-corrected chi connectivity index (χ4v) is 5.68. The summed E-state index contributed by atoms with van der Waals surface area (Å²) in [5, 5.41) is 12.5. The van der Waals surface area contributed by atoms with Crippen LogP contribution in [-0.4, -0.2) is 40.8 Å². The van der Waals surface area contributed by atoms with Crippen molar-refractivity contribution in [3.8, 4) is 11.4 Å². The molecule has 0 saturated carbocycles. The molecule has 0 bridgehead atoms. The number of rotatable bonds is 12. The molecule has 3 aromatic carbocycles. The number of carbonyl (C=O) groups is 2. The van der Waals surface area contributed by atoms with Gasteiger partial charge in [-0.2, -0.15) is 0 Å². The zero-order chi connectivity index (χ0) is 29.7. The Kier molecular flexibility index (Phi) is 8.77. The van der Waals surface area contributed by atoms with Gasteiger partial charge in [-0.1, -0.05) is 74.4 Å². The Labute approximate surface area is 249 Å². The number of aromatic nitrogens is 4. The summed E-state index contributed by atoms with van der Waals surface area (Å²) in [5.74, 6) is -0.0286. The fourth-order valence-electron chi connectivity index (χ4n) is 4.73. The number of nitrogens with one attached hydrogen (secondary N) is 1. The lowest BCUT2D eigenvalue weighted by Crippen LogP contribution is -2.26. The summed E-state index contributed by atoms with van der Waals surface area (Å²) < 4.78 is 3.10. The van der Waals surface area contributed by atoms with Crippen molar-refractivity contribution in [2.75, 3.05) is 5.32 Å². The molecule has 5 aromatic rings. The summed E-state index contributed by atoms with van der Waals surface area (Å²) in [4.78, 5) is 35.5. The van der Waals surface area contributed by atoms with E-state index in [1.807, 2.05) is 75.9 Å². The molecular formula is C33H35N5O3S. The van der Waals surface area contributed by atoms with Gasteiger partial charge in [-0.05, 0) is 50.1 Å². The first kappa shape index (κ1) is 29.1. The van der Waals surface area contributed by atoms with Crippen LogP contribution in [0.15, 0.2) is 90.0 Å². The highest BCUT2D eigenvalue weighted by molar-refractivity contribution is 8.01. The van der Waals surface area contributed by atoms with Crippen molar-refractivity contribution in [2.45, 2.75) is 62.8 Å². The quantitative estimate of drug-likeness (QED) is 0.118. The van der Waals surface area contributed by atoms with Gasteiger partial charge in [0.2, 0.25) is 5.95 Å². The maximum Gasteiger partial charge on any atom is 0.319 e. The van der Waals surface area contributed by atoms with Crippen LogP contribution in [0.4, 0.5) is 5.95 Å². The number of carboxylic acid groups (broad SMARTS) is 1. The molecule has 0 spiro atoms. The van der Waals surface area contributed by atoms with Gasteiger partial charge in [0.1, 0.15) is 16.3 Å². The molecule has 9 heteroatoms. The SMILES string of the molecule is CCCCCn1cc(C(=O)Nc2nc3ccccc3n2Cc2ccccc2)nc1-c1ccc(SC(C)(C)C(=O)O)cc1. The van der Waals surface area contributed by atoms with E-state index in [0.29, 0.717) is 24.0 Å². The number of aliphatic carboxylic acids is 1. The van der Waals surface area contributed by atoms with Gasteiger partial charge in [-0.3, -0.25) is 14.9 Å². The first-order chi connectivity index (χ1) is 20.2. The second-order valence-electron chi connectivity index (χ2n) is 10.7. The number of imidazole rings is 2. The molecule has 2 heterocycles. The molecule has 0 aliphatic carbocycles. The minimum atomic E-state index is -0.942. The Balaban J connectivity index is 1.43. The predicted molar refractivity (Wildman–Crippen MR) is 168 cm³/mol. The summed E-state index contributed by atoms with van der Waals surface area (Å²) in [6.07, 6.45) is 4.93.